The summed E-state index contributed by atoms with van der Waals surface area (Å²) in [5.74, 6) is 4.15. The highest BCUT2D eigenvalue weighted by Crippen LogP contribution is 2.44. The third-order valence-corrected chi connectivity index (χ3v) is 13.2. The molecule has 0 fully saturated rings. The summed E-state index contributed by atoms with van der Waals surface area (Å²) in [4.78, 5) is 24.3. The number of rotatable bonds is 3. The van der Waals surface area contributed by atoms with Gasteiger partial charge in [0.15, 0.2) is 25.4 Å². The van der Waals surface area contributed by atoms with Crippen LogP contribution >= 0.6 is 0 Å². The average molecular weight is 868 g/mol. The molecule has 2 unspecified atom stereocenters. The number of fused-ring (bicyclic) bond motifs is 4. The predicted molar refractivity (Wildman–Crippen MR) is 262 cm³/mol. The van der Waals surface area contributed by atoms with Crippen LogP contribution in [-0.4, -0.2) is 36.8 Å². The lowest BCUT2D eigenvalue weighted by molar-refractivity contribution is 0.0308. The second-order valence-electron chi connectivity index (χ2n) is 18.1. The molecule has 0 N–H and O–H groups in total. The Kier molecular flexibility index (Phi) is 12.6. The summed E-state index contributed by atoms with van der Waals surface area (Å²) in [5, 5.41) is 9.33. The van der Waals surface area contributed by atoms with E-state index in [1.165, 1.54) is 22.3 Å². The first kappa shape index (κ1) is 44.0. The summed E-state index contributed by atoms with van der Waals surface area (Å²) in [6, 6.07) is 43.8. The normalized spacial score (nSPS) is 19.2. The summed E-state index contributed by atoms with van der Waals surface area (Å²) in [5.41, 5.74) is 11.9. The van der Waals surface area contributed by atoms with E-state index >= 15 is 0 Å². The zero-order valence-electron chi connectivity index (χ0n) is 37.0. The van der Waals surface area contributed by atoms with E-state index in [1.54, 1.807) is 12.1 Å². The van der Waals surface area contributed by atoms with Crippen LogP contribution in [0.2, 0.25) is 19.6 Å². The van der Waals surface area contributed by atoms with Crippen LogP contribution in [0.15, 0.2) is 150 Å². The van der Waals surface area contributed by atoms with Crippen LogP contribution in [0, 0.1) is 24.6 Å². The smallest absolute Gasteiger partial charge is 0.205 e. The van der Waals surface area contributed by atoms with Crippen molar-refractivity contribution in [3.63, 3.8) is 0 Å². The summed E-state index contributed by atoms with van der Waals surface area (Å²) < 4.78 is 17.1. The molecule has 0 aromatic heterocycles. The van der Waals surface area contributed by atoms with Crippen LogP contribution in [0.25, 0.3) is 31.9 Å². The van der Waals surface area contributed by atoms with Crippen LogP contribution in [0.4, 0.5) is 11.4 Å². The van der Waals surface area contributed by atoms with Gasteiger partial charge in [0.2, 0.25) is 6.19 Å². The Morgan fingerprint density at radius 1 is 0.615 bits per heavy atom. The van der Waals surface area contributed by atoms with E-state index in [9.17, 15) is 10.1 Å². The van der Waals surface area contributed by atoms with Crippen LogP contribution in [0.5, 0.6) is 11.5 Å². The Balaban J connectivity index is 0.000000155. The predicted octanol–water partition coefficient (Wildman–Crippen LogP) is 13.4. The Hall–Kier alpha value is -7.60. The van der Waals surface area contributed by atoms with Crippen LogP contribution < -0.4 is 9.47 Å². The third-order valence-electron chi connectivity index (χ3n) is 12.4. The van der Waals surface area contributed by atoms with Crippen molar-refractivity contribution in [2.45, 2.75) is 82.2 Å². The Morgan fingerprint density at radius 2 is 1.09 bits per heavy atom. The van der Waals surface area contributed by atoms with Gasteiger partial charge in [0, 0.05) is 24.8 Å². The van der Waals surface area contributed by atoms with Gasteiger partial charge in [0.25, 0.3) is 0 Å². The average Bonchev–Trinajstić information content (AvgIpc) is 3.31. The highest BCUT2D eigenvalue weighted by molar-refractivity contribution is 6.75. The summed E-state index contributed by atoms with van der Waals surface area (Å²) in [6.45, 7) is 24.3. The quantitative estimate of drug-likeness (QED) is 0.0766. The lowest BCUT2D eigenvalue weighted by Gasteiger charge is -2.42. The molecule has 4 aliphatic rings. The molecule has 0 bridgehead atoms. The second kappa shape index (κ2) is 18.6. The number of aliphatic imine (C=N–C) groups is 1. The largest absolute Gasteiger partial charge is 0.486 e. The van der Waals surface area contributed by atoms with E-state index in [0.717, 1.165) is 77.8 Å². The van der Waals surface area contributed by atoms with Gasteiger partial charge in [0.05, 0.1) is 30.8 Å². The number of Topliss-reactive ketones (excluding diaryl/α,β-unsaturated/α-hetero) is 1. The van der Waals surface area contributed by atoms with Gasteiger partial charge in [-0.3, -0.25) is 9.45 Å². The van der Waals surface area contributed by atoms with Crippen molar-refractivity contribution in [2.24, 2.45) is 9.65 Å². The standard InChI is InChI=1S/C26H19N3O.C25H19NO2.C5H11NSi/c1-28-22-8-4-7-19(13-22)20-9-10-25-23(14-20)24(29-17-27)16-26(30-25)12-11-18-5-2-3-6-21(18)15-26;1-26-21-8-4-7-18(13-21)19-9-10-24-22(14-19)23(27)16-25(28-24)12-11-17-5-2-3-6-20(17)15-25;1-5-6-7(2,3)4/h2-10,13-14H,11-12,15-16H2;2-10,13-14H,11-12,15-16H2;1H2,2-4H3. The molecule has 0 saturated heterocycles. The highest BCUT2D eigenvalue weighted by Gasteiger charge is 2.44. The number of ether oxygens (including phenoxy) is 2. The topological polar surface area (TPSA) is 92.8 Å². The molecule has 2 aliphatic carbocycles. The highest BCUT2D eigenvalue weighted by atomic mass is 28.3. The second-order valence-corrected chi connectivity index (χ2v) is 22.6. The van der Waals surface area contributed by atoms with Crippen LogP contribution in [-0.2, 0) is 25.7 Å². The fourth-order valence-corrected chi connectivity index (χ4v) is 9.77. The van der Waals surface area contributed by atoms with Crippen LogP contribution in [0.3, 0.4) is 0 Å². The first-order chi connectivity index (χ1) is 31.4. The van der Waals surface area contributed by atoms with Gasteiger partial charge in [-0.2, -0.15) is 10.3 Å². The van der Waals surface area contributed by atoms with Gasteiger partial charge < -0.3 is 9.47 Å². The molecular weight excluding hydrogens is 819 g/mol. The molecule has 2 aliphatic heterocycles. The Bertz CT molecular complexity index is 3030. The van der Waals surface area contributed by atoms with Crippen molar-refractivity contribution in [1.82, 2.24) is 0 Å². The van der Waals surface area contributed by atoms with Gasteiger partial charge in [0.1, 0.15) is 22.7 Å². The maximum Gasteiger partial charge on any atom is 0.205 e. The van der Waals surface area contributed by atoms with E-state index in [2.05, 4.69) is 100.0 Å². The van der Waals surface area contributed by atoms with E-state index in [1.807, 2.05) is 79.0 Å². The van der Waals surface area contributed by atoms with Gasteiger partial charge >= 0.3 is 0 Å². The first-order valence-corrected chi connectivity index (χ1v) is 25.3. The third kappa shape index (κ3) is 9.97. The number of nitriles is 1. The molecule has 0 radical (unpaired) electrons. The minimum Gasteiger partial charge on any atom is -0.486 e. The molecule has 2 atom stereocenters. The number of ketones is 1. The van der Waals surface area contributed by atoms with Crippen molar-refractivity contribution in [1.29, 1.82) is 5.26 Å². The van der Waals surface area contributed by atoms with Crippen molar-refractivity contribution >= 4 is 37.0 Å². The molecule has 6 aromatic rings. The molecule has 2 heterocycles. The van der Waals surface area contributed by atoms with Crippen LogP contribution in [0.1, 0.15) is 63.9 Å². The first-order valence-electron chi connectivity index (χ1n) is 21.9. The van der Waals surface area contributed by atoms with Crippen molar-refractivity contribution < 1.29 is 14.3 Å². The molecule has 0 amide bonds. The molecule has 65 heavy (non-hydrogen) atoms. The Morgan fingerprint density at radius 3 is 1.57 bits per heavy atom. The zero-order chi connectivity index (χ0) is 45.6. The van der Waals surface area contributed by atoms with Gasteiger partial charge in [-0.1, -0.05) is 97.1 Å². The SMILES string of the molecule is C=C=N[Si](C)(C)C.[C-]#[N+]c1cccc(-c2ccc3c(c2)C(=NC#N)CC2(CCc4ccccc4C2)O3)c1.[C-]#[N+]c1cccc(-c2ccc3c(c2)C(=O)CC2(CCc4ccccc4C2)O3)c1. The molecule has 0 saturated carbocycles. The summed E-state index contributed by atoms with van der Waals surface area (Å²) in [7, 11) is -1.21. The number of hydrogen-bond acceptors (Lipinski definition) is 6. The number of benzene rings is 6. The van der Waals surface area contributed by atoms with E-state index in [-0.39, 0.29) is 11.4 Å². The van der Waals surface area contributed by atoms with Gasteiger partial charge in [-0.25, -0.2) is 9.69 Å². The number of hydrogen-bond donors (Lipinski definition) is 0. The van der Waals surface area contributed by atoms with E-state index in [0.29, 0.717) is 35.5 Å². The minimum absolute atomic E-state index is 0.142. The maximum atomic E-state index is 13.0. The van der Waals surface area contributed by atoms with Gasteiger partial charge in [-0.05, 0) is 139 Å². The lowest BCUT2D eigenvalue weighted by Crippen LogP contribution is -2.46. The molecule has 2 spiro atoms. The van der Waals surface area contributed by atoms with E-state index in [4.69, 9.17) is 22.6 Å². The molecule has 10 rings (SSSR count). The Labute approximate surface area is 383 Å². The van der Waals surface area contributed by atoms with Crippen molar-refractivity contribution in [3.8, 4) is 39.9 Å². The van der Waals surface area contributed by atoms with E-state index < -0.39 is 13.8 Å². The summed E-state index contributed by atoms with van der Waals surface area (Å²) in [6.07, 6.45) is 8.31. The molecular formula is C56H49N5O3Si. The number of carbonyl (C=O) groups is 1. The fraction of sp³-hybridized carbons (Fsp3) is 0.232. The van der Waals surface area contributed by atoms with Gasteiger partial charge in [-0.15, -0.1) is 0 Å². The number of nitrogens with zero attached hydrogens (tertiary/aromatic N) is 5. The van der Waals surface area contributed by atoms with Crippen molar-refractivity contribution in [3.05, 3.63) is 196 Å². The zero-order valence-corrected chi connectivity index (χ0v) is 38.0. The van der Waals surface area contributed by atoms with Crippen molar-refractivity contribution in [2.75, 3.05) is 0 Å². The number of carbonyl (C=O) groups excluding carboxylic acids is 1. The lowest BCUT2D eigenvalue weighted by atomic mass is 9.75. The molecule has 9 heteroatoms. The molecule has 320 valence electrons. The molecule has 6 aromatic carbocycles. The monoisotopic (exact) mass is 867 g/mol. The molecule has 8 nitrogen and oxygen atoms in total. The number of aryl methyl sites for hydroxylation is 2. The summed E-state index contributed by atoms with van der Waals surface area (Å²) >= 11 is 0. The fourth-order valence-electron chi connectivity index (χ4n) is 9.29. The maximum absolute atomic E-state index is 13.0. The minimum atomic E-state index is -1.21.